The summed E-state index contributed by atoms with van der Waals surface area (Å²) in [4.78, 5) is 16.8. The zero-order chi connectivity index (χ0) is 45.1. The van der Waals surface area contributed by atoms with Crippen molar-refractivity contribution in [3.05, 3.63) is 82.1 Å². The van der Waals surface area contributed by atoms with Crippen molar-refractivity contribution in [2.45, 2.75) is 73.6 Å². The van der Waals surface area contributed by atoms with E-state index < -0.39 is 0 Å². The quantitative estimate of drug-likeness (QED) is 0.0367. The zero-order valence-electron chi connectivity index (χ0n) is 36.6. The van der Waals surface area contributed by atoms with E-state index in [2.05, 4.69) is 44.5 Å². The van der Waals surface area contributed by atoms with Crippen LogP contribution in [0, 0.1) is 4.77 Å². The van der Waals surface area contributed by atoms with E-state index in [1.54, 1.807) is 24.9 Å². The van der Waals surface area contributed by atoms with Gasteiger partial charge < -0.3 is 50.3 Å². The van der Waals surface area contributed by atoms with Crippen molar-refractivity contribution in [2.75, 3.05) is 63.1 Å². The molecule has 0 spiro atoms. The van der Waals surface area contributed by atoms with Gasteiger partial charge in [0.15, 0.2) is 21.5 Å². The van der Waals surface area contributed by atoms with Gasteiger partial charge in [-0.05, 0) is 109 Å². The molecule has 0 aliphatic rings. The molecule has 0 unspecified atom stereocenters. The van der Waals surface area contributed by atoms with E-state index in [1.165, 1.54) is 18.2 Å². The topological polar surface area (TPSA) is 181 Å². The van der Waals surface area contributed by atoms with Gasteiger partial charge in [0.2, 0.25) is 0 Å². The number of Topliss-reactive ketones (excluding diaryl/α,β-unsaturated/α-hetero) is 1. The number of carbonyl (C=O) groups excluding carboxylic acids is 1. The lowest BCUT2D eigenvalue weighted by molar-refractivity contribution is 0.0994. The summed E-state index contributed by atoms with van der Waals surface area (Å²) in [5.41, 5.74) is 5.38. The maximum atomic E-state index is 12.6. The number of aromatic nitrogens is 3. The highest BCUT2D eigenvalue weighted by atomic mass is 32.1. The number of benzene rings is 4. The fraction of sp³-hybridized carbons (Fsp3) is 0.391. The number of H-pyrrole nitrogens is 1. The molecule has 1 heterocycles. The highest BCUT2D eigenvalue weighted by Crippen LogP contribution is 2.39. The van der Waals surface area contributed by atoms with Crippen molar-refractivity contribution >= 4 is 52.4 Å². The van der Waals surface area contributed by atoms with Crippen molar-refractivity contribution in [3.8, 4) is 51.6 Å². The van der Waals surface area contributed by atoms with Crippen molar-refractivity contribution in [2.24, 2.45) is 0 Å². The molecule has 0 aliphatic carbocycles. The largest absolute Gasteiger partial charge is 0.508 e. The molecule has 14 nitrogen and oxygen atoms in total. The number of aromatic hydroxyl groups is 4. The molecule has 16 heteroatoms. The smallest absolute Gasteiger partial charge is 0.200 e. The summed E-state index contributed by atoms with van der Waals surface area (Å²) < 4.78 is 13.2. The second kappa shape index (κ2) is 22.7. The van der Waals surface area contributed by atoms with Gasteiger partial charge in [-0.25, -0.2) is 0 Å². The van der Waals surface area contributed by atoms with E-state index in [-0.39, 0.29) is 65.3 Å². The number of hydrogen-bond donors (Lipinski definition) is 7. The van der Waals surface area contributed by atoms with Crippen LogP contribution in [0.3, 0.4) is 0 Å². The number of nitrogens with one attached hydrogen (secondary N) is 3. The standard InChI is InChI=1S/C23H31N3O4S.C22H28N4O3S.CH4/c1-6-9-26(4)18-10-15(7-8-22(18)30-5)25-23(31)24-13-21(29)17-11-16(14(2)3)19(27)12-20(17)28;1-6-9-25(4)17-10-14(7-8-20(17)29-5)26-21(23-24-22(26)30)16-11-15(13(2)3)18(27)12-19(16)28;/h7-8,10-12,14,27-28H,6,9,13H2,1-5H3,(H2,24,25,31);7-8,10-13,27-28H,6,9H2,1-5H3,(H,24,30);1H4. The molecule has 0 saturated carbocycles. The molecule has 7 N–H and O–H groups in total. The summed E-state index contributed by atoms with van der Waals surface area (Å²) in [6.07, 6.45) is 2.00. The SMILES string of the molecule is C.CCCN(C)c1cc(-n2c(-c3cc(C(C)C)c(O)cc3O)n[nH]c2=S)ccc1OC.CCCN(C)c1cc(NC(=S)NCC(=O)c2cc(C(C)C)c(O)cc2O)ccc1OC. The Kier molecular flexibility index (Phi) is 18.5. The second-order valence-electron chi connectivity index (χ2n) is 15.2. The van der Waals surface area contributed by atoms with Gasteiger partial charge in [0.05, 0.1) is 49.0 Å². The molecule has 62 heavy (non-hydrogen) atoms. The maximum Gasteiger partial charge on any atom is 0.200 e. The first-order valence-electron chi connectivity index (χ1n) is 20.1. The van der Waals surface area contributed by atoms with Crippen LogP contribution in [0.5, 0.6) is 34.5 Å². The van der Waals surface area contributed by atoms with Crippen LogP contribution in [-0.4, -0.2) is 94.0 Å². The summed E-state index contributed by atoms with van der Waals surface area (Å²) in [5, 5.41) is 54.2. The highest BCUT2D eigenvalue weighted by molar-refractivity contribution is 7.80. The van der Waals surface area contributed by atoms with Crippen LogP contribution in [0.4, 0.5) is 17.1 Å². The fourth-order valence-corrected chi connectivity index (χ4v) is 7.18. The third-order valence-corrected chi connectivity index (χ3v) is 10.5. The third kappa shape index (κ3) is 12.1. The van der Waals surface area contributed by atoms with Crippen LogP contribution in [0.2, 0.25) is 0 Å². The van der Waals surface area contributed by atoms with Crippen LogP contribution >= 0.6 is 24.4 Å². The Hall–Kier alpha value is -6.00. The molecule has 336 valence electrons. The summed E-state index contributed by atoms with van der Waals surface area (Å²) in [7, 11) is 7.29. The molecule has 0 aliphatic heterocycles. The number of ketones is 1. The molecule has 0 amide bonds. The molecular weight excluding hydrogens is 827 g/mol. The van der Waals surface area contributed by atoms with Crippen molar-refractivity contribution in [3.63, 3.8) is 0 Å². The monoisotopic (exact) mass is 889 g/mol. The summed E-state index contributed by atoms with van der Waals surface area (Å²) in [6.45, 7) is 13.6. The van der Waals surface area contributed by atoms with Gasteiger partial charge >= 0.3 is 0 Å². The molecule has 0 atom stereocenters. The Bertz CT molecular complexity index is 2380. The number of anilines is 3. The lowest BCUT2D eigenvalue weighted by Gasteiger charge is -2.22. The first-order valence-corrected chi connectivity index (χ1v) is 20.9. The second-order valence-corrected chi connectivity index (χ2v) is 16.0. The highest BCUT2D eigenvalue weighted by Gasteiger charge is 2.21. The van der Waals surface area contributed by atoms with E-state index in [4.69, 9.17) is 33.9 Å². The van der Waals surface area contributed by atoms with Gasteiger partial charge in [0.25, 0.3) is 0 Å². The molecular formula is C46H63N7O7S2. The molecule has 4 aromatic carbocycles. The van der Waals surface area contributed by atoms with Gasteiger partial charge in [-0.1, -0.05) is 49.0 Å². The summed E-state index contributed by atoms with van der Waals surface area (Å²) in [6, 6.07) is 17.3. The number of thiocarbonyl (C=S) groups is 1. The van der Waals surface area contributed by atoms with Crippen LogP contribution in [0.1, 0.15) is 95.1 Å². The molecule has 5 rings (SSSR count). The average molecular weight is 890 g/mol. The molecule has 5 aromatic rings. The minimum atomic E-state index is -0.332. The fourth-order valence-electron chi connectivity index (χ4n) is 6.76. The van der Waals surface area contributed by atoms with Crippen LogP contribution in [-0.2, 0) is 0 Å². The number of ether oxygens (including phenoxy) is 2. The normalized spacial score (nSPS) is 10.7. The predicted molar refractivity (Wildman–Crippen MR) is 257 cm³/mol. The van der Waals surface area contributed by atoms with Gasteiger partial charge in [-0.3, -0.25) is 14.5 Å². The van der Waals surface area contributed by atoms with Crippen LogP contribution in [0.25, 0.3) is 17.1 Å². The van der Waals surface area contributed by atoms with Gasteiger partial charge in [0.1, 0.15) is 34.5 Å². The Balaban J connectivity index is 0.000000325. The predicted octanol–water partition coefficient (Wildman–Crippen LogP) is 9.87. The molecule has 0 fully saturated rings. The average Bonchev–Trinajstić information content (AvgIpc) is 3.60. The third-order valence-electron chi connectivity index (χ3n) is 9.96. The summed E-state index contributed by atoms with van der Waals surface area (Å²) >= 11 is 10.8. The van der Waals surface area contributed by atoms with Crippen molar-refractivity contribution in [1.29, 1.82) is 0 Å². The lowest BCUT2D eigenvalue weighted by atomic mass is 9.97. The van der Waals surface area contributed by atoms with Gasteiger partial charge in [-0.2, -0.15) is 5.10 Å². The molecule has 0 saturated heterocycles. The molecule has 0 radical (unpaired) electrons. The maximum absolute atomic E-state index is 12.6. The number of aromatic amines is 1. The number of hydrogen-bond acceptors (Lipinski definition) is 12. The van der Waals surface area contributed by atoms with Crippen LogP contribution < -0.4 is 29.9 Å². The lowest BCUT2D eigenvalue weighted by Crippen LogP contribution is -2.33. The number of phenolic OH excluding ortho intramolecular Hbond substituents is 4. The number of rotatable bonds is 16. The minimum Gasteiger partial charge on any atom is -0.508 e. The summed E-state index contributed by atoms with van der Waals surface area (Å²) in [5.74, 6) is 1.45. The first-order chi connectivity index (χ1) is 28.9. The zero-order valence-corrected chi connectivity index (χ0v) is 38.2. The Morgan fingerprint density at radius 2 is 1.32 bits per heavy atom. The number of phenols is 4. The van der Waals surface area contributed by atoms with E-state index in [0.717, 1.165) is 65.7 Å². The number of nitrogens with zero attached hydrogens (tertiary/aromatic N) is 4. The Morgan fingerprint density at radius 1 is 0.790 bits per heavy atom. The number of carbonyl (C=O) groups is 1. The van der Waals surface area contributed by atoms with Gasteiger partial charge in [0, 0.05) is 45.0 Å². The van der Waals surface area contributed by atoms with E-state index in [9.17, 15) is 25.2 Å². The number of methoxy groups -OCH3 is 2. The first kappa shape index (κ1) is 50.4. The molecule has 0 bridgehead atoms. The van der Waals surface area contributed by atoms with E-state index >= 15 is 0 Å². The van der Waals surface area contributed by atoms with E-state index in [1.807, 2.05) is 78.2 Å². The molecule has 1 aromatic heterocycles. The van der Waals surface area contributed by atoms with Gasteiger partial charge in [-0.15, -0.1) is 0 Å². The Labute approximate surface area is 376 Å². The van der Waals surface area contributed by atoms with Crippen LogP contribution in [0.15, 0.2) is 60.7 Å². The Morgan fingerprint density at radius 3 is 1.87 bits per heavy atom. The minimum absolute atomic E-state index is 0. The van der Waals surface area contributed by atoms with Crippen molar-refractivity contribution < 1.29 is 34.7 Å². The van der Waals surface area contributed by atoms with Crippen molar-refractivity contribution in [1.82, 2.24) is 20.1 Å². The van der Waals surface area contributed by atoms with E-state index in [0.29, 0.717) is 21.7 Å².